The van der Waals surface area contributed by atoms with Crippen LogP contribution in [0.25, 0.3) is 0 Å². The maximum atomic E-state index is 4.72. The van der Waals surface area contributed by atoms with Crippen LogP contribution in [0.5, 0.6) is 0 Å². The van der Waals surface area contributed by atoms with Crippen LogP contribution >= 0.6 is 0 Å². The fraction of sp³-hybridized carbons (Fsp3) is 0.714. The van der Waals surface area contributed by atoms with E-state index in [4.69, 9.17) is 4.98 Å². The molecule has 0 spiro atoms. The maximum Gasteiger partial charge on any atom is 0.131 e. The van der Waals surface area contributed by atoms with Crippen LogP contribution < -0.4 is 5.32 Å². The van der Waals surface area contributed by atoms with Crippen molar-refractivity contribution in [3.8, 4) is 0 Å². The quantitative estimate of drug-likeness (QED) is 0.865. The van der Waals surface area contributed by atoms with E-state index in [0.29, 0.717) is 5.92 Å². The van der Waals surface area contributed by atoms with Crippen molar-refractivity contribution in [2.75, 3.05) is 0 Å². The zero-order chi connectivity index (χ0) is 11.7. The average Bonchev–Trinajstić information content (AvgIpc) is 3.08. The van der Waals surface area contributed by atoms with E-state index in [0.717, 1.165) is 30.0 Å². The monoisotopic (exact) mass is 231 g/mol. The van der Waals surface area contributed by atoms with E-state index in [1.165, 1.54) is 32.1 Å². The Morgan fingerprint density at radius 2 is 2.18 bits per heavy atom. The van der Waals surface area contributed by atoms with Gasteiger partial charge in [-0.15, -0.1) is 0 Å². The Labute approximate surface area is 103 Å². The lowest BCUT2D eigenvalue weighted by molar-refractivity contribution is 0.581. The van der Waals surface area contributed by atoms with Gasteiger partial charge in [-0.05, 0) is 44.1 Å². The number of hydrogen-bond donors (Lipinski definition) is 1. The highest BCUT2D eigenvalue weighted by Gasteiger charge is 2.25. The van der Waals surface area contributed by atoms with Crippen LogP contribution in [0.3, 0.4) is 0 Å². The first-order valence-electron chi connectivity index (χ1n) is 6.86. The molecule has 1 aromatic heterocycles. The summed E-state index contributed by atoms with van der Waals surface area (Å²) in [5, 5.41) is 3.51. The number of hydrogen-bond acceptors (Lipinski definition) is 3. The first kappa shape index (κ1) is 11.1. The van der Waals surface area contributed by atoms with Crippen molar-refractivity contribution in [1.82, 2.24) is 15.3 Å². The maximum absolute atomic E-state index is 4.72. The van der Waals surface area contributed by atoms with E-state index >= 15 is 0 Å². The van der Waals surface area contributed by atoms with Crippen LogP contribution in [0.1, 0.15) is 56.5 Å². The van der Waals surface area contributed by atoms with Crippen molar-refractivity contribution in [2.24, 2.45) is 5.92 Å². The van der Waals surface area contributed by atoms with Crippen molar-refractivity contribution in [3.63, 3.8) is 0 Å². The summed E-state index contributed by atoms with van der Waals surface area (Å²) >= 11 is 0. The minimum absolute atomic E-state index is 0.603. The standard InChI is InChI=1S/C14H21N3/c1-10-2-3-11(8-10)14-15-7-6-13(17-14)9-16-12-4-5-12/h6-7,10-12,16H,2-5,8-9H2,1H3. The molecule has 0 amide bonds. The predicted octanol–water partition coefficient (Wildman–Crippen LogP) is 2.63. The lowest BCUT2D eigenvalue weighted by atomic mass is 10.1. The van der Waals surface area contributed by atoms with E-state index < -0.39 is 0 Å². The molecule has 2 aliphatic rings. The van der Waals surface area contributed by atoms with Gasteiger partial charge in [0, 0.05) is 24.7 Å². The second-order valence-corrected chi connectivity index (χ2v) is 5.68. The molecule has 2 aliphatic carbocycles. The summed E-state index contributed by atoms with van der Waals surface area (Å²) in [6.45, 7) is 3.24. The van der Waals surface area contributed by atoms with E-state index in [1.54, 1.807) is 0 Å². The largest absolute Gasteiger partial charge is 0.308 e. The van der Waals surface area contributed by atoms with Gasteiger partial charge in [0.2, 0.25) is 0 Å². The van der Waals surface area contributed by atoms with E-state index in [-0.39, 0.29) is 0 Å². The Morgan fingerprint density at radius 1 is 1.29 bits per heavy atom. The van der Waals surface area contributed by atoms with Crippen LogP contribution in [0.2, 0.25) is 0 Å². The number of nitrogens with one attached hydrogen (secondary N) is 1. The Morgan fingerprint density at radius 3 is 2.88 bits per heavy atom. The minimum atomic E-state index is 0.603. The molecule has 1 aromatic rings. The van der Waals surface area contributed by atoms with Gasteiger partial charge in [0.25, 0.3) is 0 Å². The van der Waals surface area contributed by atoms with Gasteiger partial charge in [-0.1, -0.05) is 6.92 Å². The summed E-state index contributed by atoms with van der Waals surface area (Å²) in [4.78, 5) is 9.18. The molecule has 92 valence electrons. The van der Waals surface area contributed by atoms with Gasteiger partial charge in [0.15, 0.2) is 0 Å². The highest BCUT2D eigenvalue weighted by molar-refractivity contribution is 5.07. The SMILES string of the molecule is CC1CCC(c2nccc(CNC3CC3)n2)C1. The Hall–Kier alpha value is -0.960. The summed E-state index contributed by atoms with van der Waals surface area (Å²) in [5.74, 6) is 2.52. The molecule has 2 unspecified atom stereocenters. The molecule has 2 fully saturated rings. The first-order chi connectivity index (χ1) is 8.31. The van der Waals surface area contributed by atoms with Crippen LogP contribution in [-0.4, -0.2) is 16.0 Å². The molecule has 3 heteroatoms. The van der Waals surface area contributed by atoms with Gasteiger partial charge in [-0.3, -0.25) is 0 Å². The average molecular weight is 231 g/mol. The predicted molar refractivity (Wildman–Crippen MR) is 67.6 cm³/mol. The Balaban J connectivity index is 1.65. The smallest absolute Gasteiger partial charge is 0.131 e. The molecule has 1 N–H and O–H groups in total. The zero-order valence-corrected chi connectivity index (χ0v) is 10.5. The van der Waals surface area contributed by atoms with Crippen molar-refractivity contribution in [3.05, 3.63) is 23.8 Å². The molecule has 1 heterocycles. The fourth-order valence-corrected chi connectivity index (χ4v) is 2.69. The second-order valence-electron chi connectivity index (χ2n) is 5.68. The topological polar surface area (TPSA) is 37.8 Å². The molecule has 3 nitrogen and oxygen atoms in total. The minimum Gasteiger partial charge on any atom is -0.308 e. The first-order valence-corrected chi connectivity index (χ1v) is 6.86. The summed E-state index contributed by atoms with van der Waals surface area (Å²) in [5.41, 5.74) is 1.15. The van der Waals surface area contributed by atoms with E-state index in [2.05, 4.69) is 17.2 Å². The third-order valence-electron chi connectivity index (χ3n) is 3.94. The third kappa shape index (κ3) is 2.83. The molecule has 0 bridgehead atoms. The highest BCUT2D eigenvalue weighted by atomic mass is 15.0. The summed E-state index contributed by atoms with van der Waals surface area (Å²) in [6.07, 6.45) is 8.45. The number of rotatable bonds is 4. The summed E-state index contributed by atoms with van der Waals surface area (Å²) in [6, 6.07) is 2.79. The van der Waals surface area contributed by atoms with Crippen molar-refractivity contribution < 1.29 is 0 Å². The lowest BCUT2D eigenvalue weighted by Gasteiger charge is -2.09. The zero-order valence-electron chi connectivity index (χ0n) is 10.5. The number of aromatic nitrogens is 2. The van der Waals surface area contributed by atoms with E-state index in [1.807, 2.05) is 12.3 Å². The molecule has 2 atom stereocenters. The molecule has 3 rings (SSSR count). The molecule has 2 saturated carbocycles. The fourth-order valence-electron chi connectivity index (χ4n) is 2.69. The van der Waals surface area contributed by atoms with Crippen molar-refractivity contribution in [2.45, 2.75) is 57.5 Å². The van der Waals surface area contributed by atoms with Gasteiger partial charge >= 0.3 is 0 Å². The Kier molecular flexibility index (Phi) is 3.10. The van der Waals surface area contributed by atoms with Gasteiger partial charge in [0.05, 0.1) is 5.69 Å². The normalized spacial score (nSPS) is 28.5. The molecule has 0 saturated heterocycles. The second kappa shape index (κ2) is 4.73. The van der Waals surface area contributed by atoms with Gasteiger partial charge in [-0.25, -0.2) is 9.97 Å². The van der Waals surface area contributed by atoms with Crippen LogP contribution in [-0.2, 0) is 6.54 Å². The van der Waals surface area contributed by atoms with Gasteiger partial charge < -0.3 is 5.32 Å². The van der Waals surface area contributed by atoms with Gasteiger partial charge in [0.1, 0.15) is 5.82 Å². The van der Waals surface area contributed by atoms with Crippen LogP contribution in [0.4, 0.5) is 0 Å². The van der Waals surface area contributed by atoms with Crippen LogP contribution in [0.15, 0.2) is 12.3 Å². The number of nitrogens with zero attached hydrogens (tertiary/aromatic N) is 2. The molecule has 0 aliphatic heterocycles. The molecular weight excluding hydrogens is 210 g/mol. The summed E-state index contributed by atoms with van der Waals surface area (Å²) < 4.78 is 0. The lowest BCUT2D eigenvalue weighted by Crippen LogP contribution is -2.17. The Bertz CT molecular complexity index is 387. The van der Waals surface area contributed by atoms with Gasteiger partial charge in [-0.2, -0.15) is 0 Å². The summed E-state index contributed by atoms with van der Waals surface area (Å²) in [7, 11) is 0. The molecule has 0 radical (unpaired) electrons. The van der Waals surface area contributed by atoms with Crippen LogP contribution in [0, 0.1) is 5.92 Å². The molecule has 0 aromatic carbocycles. The van der Waals surface area contributed by atoms with E-state index in [9.17, 15) is 0 Å². The highest BCUT2D eigenvalue weighted by Crippen LogP contribution is 2.36. The molecule has 17 heavy (non-hydrogen) atoms. The van der Waals surface area contributed by atoms with Crippen molar-refractivity contribution in [1.29, 1.82) is 0 Å². The van der Waals surface area contributed by atoms with Crippen molar-refractivity contribution >= 4 is 0 Å². The third-order valence-corrected chi connectivity index (χ3v) is 3.94. The molecular formula is C14H21N3.